The van der Waals surface area contributed by atoms with E-state index >= 15 is 0 Å². The Kier molecular flexibility index (Phi) is 8.08. The van der Waals surface area contributed by atoms with Crippen molar-refractivity contribution in [2.45, 2.75) is 32.1 Å². The zero-order valence-corrected chi connectivity index (χ0v) is 20.3. The summed E-state index contributed by atoms with van der Waals surface area (Å²) in [4.78, 5) is 38.9. The highest BCUT2D eigenvalue weighted by molar-refractivity contribution is 7.17. The molecule has 0 saturated heterocycles. The van der Waals surface area contributed by atoms with Crippen molar-refractivity contribution in [1.82, 2.24) is 5.32 Å². The highest BCUT2D eigenvalue weighted by Gasteiger charge is 2.64. The zero-order valence-electron chi connectivity index (χ0n) is 19.5. The molecule has 0 radical (unpaired) electrons. The number of amides is 1. The molecule has 1 amide bonds. The molecule has 2 heterocycles. The Balaban J connectivity index is 2.24. The number of esters is 2. The maximum atomic E-state index is 14.6. The predicted octanol–water partition coefficient (Wildman–Crippen LogP) is 5.02. The Morgan fingerprint density at radius 1 is 1.06 bits per heavy atom. The van der Waals surface area contributed by atoms with Crippen molar-refractivity contribution < 1.29 is 41.4 Å². The van der Waals surface area contributed by atoms with E-state index in [1.165, 1.54) is 6.07 Å². The van der Waals surface area contributed by atoms with Gasteiger partial charge in [-0.05, 0) is 31.0 Å². The fourth-order valence-corrected chi connectivity index (χ4v) is 4.68. The molecule has 0 fully saturated rings. The minimum atomic E-state index is -5.41. The number of halogens is 3. The molecule has 2 N–H and O–H groups in total. The molecular weight excluding hydrogens is 501 g/mol. The number of nitrogens with one attached hydrogen (secondary N) is 2. The summed E-state index contributed by atoms with van der Waals surface area (Å²) in [6.07, 6.45) is -3.95. The molecule has 36 heavy (non-hydrogen) atoms. The molecule has 8 nitrogen and oxygen atoms in total. The first-order valence-corrected chi connectivity index (χ1v) is 11.6. The normalized spacial score (nSPS) is 12.9. The van der Waals surface area contributed by atoms with Gasteiger partial charge in [0.05, 0.1) is 20.0 Å². The summed E-state index contributed by atoms with van der Waals surface area (Å²) >= 11 is 0.836. The van der Waals surface area contributed by atoms with Crippen LogP contribution in [0.1, 0.15) is 39.6 Å². The molecule has 0 aliphatic rings. The van der Waals surface area contributed by atoms with Gasteiger partial charge in [0.15, 0.2) is 5.76 Å². The molecule has 0 aliphatic heterocycles. The van der Waals surface area contributed by atoms with Crippen molar-refractivity contribution in [3.63, 3.8) is 0 Å². The highest BCUT2D eigenvalue weighted by atomic mass is 32.1. The van der Waals surface area contributed by atoms with Gasteiger partial charge in [-0.15, -0.1) is 11.3 Å². The smallest absolute Gasteiger partial charge is 0.441 e. The fourth-order valence-electron chi connectivity index (χ4n) is 3.48. The standard InChI is InChI=1S/C24H23F3N2O6S/c1-4-16-17(14-10-7-6-8-11-14)18(21(31)34-5-2)20(36-16)29-23(22(32)33-3,24(25,26)27)28-19(30)15-12-9-13-35-15/h6-13,29H,4-5H2,1-3H3,(H,28,30)/t23-/m0/s1. The van der Waals surface area contributed by atoms with E-state index in [2.05, 4.69) is 10.1 Å². The average molecular weight is 525 g/mol. The molecule has 0 aliphatic carbocycles. The number of carbonyl (C=O) groups excluding carboxylic acids is 3. The van der Waals surface area contributed by atoms with Crippen molar-refractivity contribution in [1.29, 1.82) is 0 Å². The molecule has 0 spiro atoms. The lowest BCUT2D eigenvalue weighted by atomic mass is 9.99. The Hall–Kier alpha value is -3.80. The minimum Gasteiger partial charge on any atom is -0.466 e. The van der Waals surface area contributed by atoms with Gasteiger partial charge in [0.2, 0.25) is 0 Å². The van der Waals surface area contributed by atoms with Crippen LogP contribution in [0.15, 0.2) is 53.1 Å². The summed E-state index contributed by atoms with van der Waals surface area (Å²) in [6.45, 7) is 3.28. The van der Waals surface area contributed by atoms with Gasteiger partial charge in [0.1, 0.15) is 10.6 Å². The molecule has 2 aromatic heterocycles. The summed E-state index contributed by atoms with van der Waals surface area (Å²) in [5.41, 5.74) is -3.02. The van der Waals surface area contributed by atoms with Crippen molar-refractivity contribution >= 4 is 34.2 Å². The van der Waals surface area contributed by atoms with Crippen molar-refractivity contribution in [3.8, 4) is 11.1 Å². The molecule has 0 bridgehead atoms. The number of hydrogen-bond acceptors (Lipinski definition) is 8. The molecule has 3 aromatic rings. The van der Waals surface area contributed by atoms with E-state index in [1.54, 1.807) is 49.5 Å². The fraction of sp³-hybridized carbons (Fsp3) is 0.292. The van der Waals surface area contributed by atoms with Crippen LogP contribution in [0.4, 0.5) is 18.2 Å². The van der Waals surface area contributed by atoms with E-state index in [-0.39, 0.29) is 17.2 Å². The zero-order chi connectivity index (χ0) is 26.5. The number of hydrogen-bond donors (Lipinski definition) is 2. The molecule has 1 aromatic carbocycles. The molecule has 1 atom stereocenters. The lowest BCUT2D eigenvalue weighted by molar-refractivity contribution is -0.203. The van der Waals surface area contributed by atoms with E-state index in [1.807, 2.05) is 0 Å². The number of alkyl halides is 3. The third-order valence-electron chi connectivity index (χ3n) is 5.11. The number of anilines is 1. The van der Waals surface area contributed by atoms with E-state index in [0.717, 1.165) is 30.8 Å². The van der Waals surface area contributed by atoms with Crippen LogP contribution in [0.5, 0.6) is 0 Å². The lowest BCUT2D eigenvalue weighted by Gasteiger charge is -2.34. The van der Waals surface area contributed by atoms with Crippen LogP contribution >= 0.6 is 11.3 Å². The highest BCUT2D eigenvalue weighted by Crippen LogP contribution is 2.44. The topological polar surface area (TPSA) is 107 Å². The third kappa shape index (κ3) is 5.08. The van der Waals surface area contributed by atoms with Gasteiger partial charge >= 0.3 is 23.8 Å². The van der Waals surface area contributed by atoms with Gasteiger partial charge in [0.25, 0.3) is 5.91 Å². The number of furan rings is 1. The Labute approximate surface area is 208 Å². The summed E-state index contributed by atoms with van der Waals surface area (Å²) < 4.78 is 58.2. The number of carbonyl (C=O) groups is 3. The van der Waals surface area contributed by atoms with Gasteiger partial charge < -0.3 is 24.5 Å². The first-order valence-electron chi connectivity index (χ1n) is 10.8. The van der Waals surface area contributed by atoms with Crippen molar-refractivity contribution in [2.24, 2.45) is 0 Å². The van der Waals surface area contributed by atoms with Crippen LogP contribution in [0.2, 0.25) is 0 Å². The van der Waals surface area contributed by atoms with Crippen LogP contribution < -0.4 is 10.6 Å². The van der Waals surface area contributed by atoms with Gasteiger partial charge in [-0.2, -0.15) is 13.2 Å². The Bertz CT molecular complexity index is 1220. The number of aryl methyl sites for hydroxylation is 1. The van der Waals surface area contributed by atoms with Gasteiger partial charge in [-0.3, -0.25) is 4.79 Å². The van der Waals surface area contributed by atoms with Crippen LogP contribution in [-0.2, 0) is 20.7 Å². The first-order chi connectivity index (χ1) is 17.1. The average Bonchev–Trinajstić information content (AvgIpc) is 3.51. The number of methoxy groups -OCH3 is 1. The van der Waals surface area contributed by atoms with Crippen molar-refractivity contribution in [3.05, 3.63) is 64.9 Å². The summed E-state index contributed by atoms with van der Waals surface area (Å²) in [6, 6.07) is 11.0. The van der Waals surface area contributed by atoms with Crippen LogP contribution in [0, 0.1) is 0 Å². The minimum absolute atomic E-state index is 0.0412. The van der Waals surface area contributed by atoms with Crippen LogP contribution in [0.25, 0.3) is 11.1 Å². The largest absolute Gasteiger partial charge is 0.466 e. The van der Waals surface area contributed by atoms with E-state index in [4.69, 9.17) is 9.15 Å². The second-order valence-corrected chi connectivity index (χ2v) is 8.45. The molecular formula is C24H23F3N2O6S. The predicted molar refractivity (Wildman–Crippen MR) is 126 cm³/mol. The molecule has 192 valence electrons. The number of rotatable bonds is 9. The number of benzene rings is 1. The summed E-state index contributed by atoms with van der Waals surface area (Å²) in [5, 5.41) is 3.43. The number of ether oxygens (including phenoxy) is 2. The van der Waals surface area contributed by atoms with Crippen LogP contribution in [-0.4, -0.2) is 43.4 Å². The second-order valence-electron chi connectivity index (χ2n) is 7.34. The Morgan fingerprint density at radius 3 is 2.28 bits per heavy atom. The van der Waals surface area contributed by atoms with Gasteiger partial charge in [0, 0.05) is 10.4 Å². The number of thiophene rings is 1. The van der Waals surface area contributed by atoms with Crippen LogP contribution in [0.3, 0.4) is 0 Å². The van der Waals surface area contributed by atoms with E-state index < -0.39 is 35.4 Å². The van der Waals surface area contributed by atoms with Gasteiger partial charge in [-0.25, -0.2) is 9.59 Å². The second kappa shape index (κ2) is 10.9. The lowest BCUT2D eigenvalue weighted by Crippen LogP contribution is -2.69. The molecule has 12 heteroatoms. The van der Waals surface area contributed by atoms with E-state index in [0.29, 0.717) is 22.4 Å². The summed E-state index contributed by atoms with van der Waals surface area (Å²) in [5.74, 6) is -4.54. The monoisotopic (exact) mass is 524 g/mol. The van der Waals surface area contributed by atoms with Gasteiger partial charge in [-0.1, -0.05) is 37.3 Å². The quantitative estimate of drug-likeness (QED) is 0.299. The SMILES string of the molecule is CCOC(=O)c1c(N[C@@](NC(=O)c2ccco2)(C(=O)OC)C(F)(F)F)sc(CC)c1-c1ccccc1. The molecule has 3 rings (SSSR count). The Morgan fingerprint density at radius 2 is 1.75 bits per heavy atom. The summed E-state index contributed by atoms with van der Waals surface area (Å²) in [7, 11) is 0.747. The van der Waals surface area contributed by atoms with E-state index in [9.17, 15) is 27.6 Å². The maximum absolute atomic E-state index is 14.6. The third-order valence-corrected chi connectivity index (χ3v) is 6.36. The first kappa shape index (κ1) is 26.8. The maximum Gasteiger partial charge on any atom is 0.441 e. The molecule has 0 saturated carbocycles. The molecule has 0 unspecified atom stereocenters. The van der Waals surface area contributed by atoms with Crippen molar-refractivity contribution in [2.75, 3.05) is 19.0 Å².